The predicted molar refractivity (Wildman–Crippen MR) is 57.9 cm³/mol. The van der Waals surface area contributed by atoms with Crippen molar-refractivity contribution in [1.29, 1.82) is 0 Å². The van der Waals surface area contributed by atoms with E-state index in [1.54, 1.807) is 7.05 Å². The molecule has 2 N–H and O–H groups in total. The number of amides is 2. The first kappa shape index (κ1) is 15.4. The van der Waals surface area contributed by atoms with Crippen molar-refractivity contribution in [2.75, 3.05) is 7.05 Å². The summed E-state index contributed by atoms with van der Waals surface area (Å²) in [5, 5.41) is 5.08. The first-order chi connectivity index (χ1) is 6.49. The summed E-state index contributed by atoms with van der Waals surface area (Å²) in [6.45, 7) is 9.17. The number of nitrogens with one attached hydrogen (secondary N) is 2. The fraction of sp³-hybridized carbons (Fsp3) is 0.800. The molecule has 0 fully saturated rings. The van der Waals surface area contributed by atoms with Crippen molar-refractivity contribution in [2.24, 2.45) is 5.92 Å². The molecule has 4 heteroatoms. The molecule has 0 aromatic carbocycles. The molecule has 0 aliphatic heterocycles. The van der Waals surface area contributed by atoms with Gasteiger partial charge in [0.15, 0.2) is 0 Å². The molecule has 2 amide bonds. The van der Waals surface area contributed by atoms with E-state index in [2.05, 4.69) is 10.6 Å². The van der Waals surface area contributed by atoms with Gasteiger partial charge in [0, 0.05) is 14.0 Å². The summed E-state index contributed by atoms with van der Waals surface area (Å²) < 4.78 is 0. The number of rotatable bonds is 3. The maximum Gasteiger partial charge on any atom is 0.242 e. The van der Waals surface area contributed by atoms with Crippen LogP contribution in [-0.4, -0.2) is 24.9 Å². The van der Waals surface area contributed by atoms with E-state index < -0.39 is 6.04 Å². The van der Waals surface area contributed by atoms with Crippen molar-refractivity contribution in [3.8, 4) is 0 Å². The first-order valence-electron chi connectivity index (χ1n) is 4.97. The topological polar surface area (TPSA) is 58.2 Å². The van der Waals surface area contributed by atoms with Gasteiger partial charge < -0.3 is 10.6 Å². The maximum absolute atomic E-state index is 11.2. The maximum atomic E-state index is 11.2. The van der Waals surface area contributed by atoms with Crippen LogP contribution in [0, 0.1) is 5.92 Å². The molecule has 0 heterocycles. The smallest absolute Gasteiger partial charge is 0.242 e. The average molecular weight is 202 g/mol. The molecule has 0 saturated heterocycles. The van der Waals surface area contributed by atoms with Crippen LogP contribution in [0.2, 0.25) is 0 Å². The highest BCUT2D eigenvalue weighted by molar-refractivity contribution is 5.86. The SMILES string of the molecule is CC.CNC(=O)C(NC(C)=O)C(C)C. The van der Waals surface area contributed by atoms with Gasteiger partial charge in [-0.2, -0.15) is 0 Å². The normalized spacial score (nSPS) is 11.1. The highest BCUT2D eigenvalue weighted by Crippen LogP contribution is 2.00. The lowest BCUT2D eigenvalue weighted by Crippen LogP contribution is -2.48. The molecule has 0 aromatic heterocycles. The van der Waals surface area contributed by atoms with E-state index in [1.807, 2.05) is 27.7 Å². The van der Waals surface area contributed by atoms with Crippen LogP contribution in [0.15, 0.2) is 0 Å². The monoisotopic (exact) mass is 202 g/mol. The summed E-state index contributed by atoms with van der Waals surface area (Å²) in [5.74, 6) is -0.230. The highest BCUT2D eigenvalue weighted by Gasteiger charge is 2.21. The molecule has 0 bridgehead atoms. The molecule has 0 radical (unpaired) electrons. The van der Waals surface area contributed by atoms with Crippen molar-refractivity contribution < 1.29 is 9.59 Å². The van der Waals surface area contributed by atoms with E-state index in [0.717, 1.165) is 0 Å². The Labute approximate surface area is 86.5 Å². The van der Waals surface area contributed by atoms with Crippen LogP contribution in [-0.2, 0) is 9.59 Å². The van der Waals surface area contributed by atoms with Crippen molar-refractivity contribution in [3.63, 3.8) is 0 Å². The van der Waals surface area contributed by atoms with E-state index in [-0.39, 0.29) is 17.7 Å². The number of carbonyl (C=O) groups is 2. The van der Waals surface area contributed by atoms with Crippen LogP contribution in [0.25, 0.3) is 0 Å². The van der Waals surface area contributed by atoms with Gasteiger partial charge in [-0.05, 0) is 5.92 Å². The Kier molecular flexibility index (Phi) is 9.40. The molecule has 0 aliphatic rings. The van der Waals surface area contributed by atoms with Crippen molar-refractivity contribution in [1.82, 2.24) is 10.6 Å². The molecule has 0 saturated carbocycles. The summed E-state index contributed by atoms with van der Waals surface area (Å²) in [6.07, 6.45) is 0. The standard InChI is InChI=1S/C8H16N2O2.C2H6/c1-5(2)7(8(12)9-4)10-6(3)11;1-2/h5,7H,1-4H3,(H,9,12)(H,10,11);1-2H3. The van der Waals surface area contributed by atoms with E-state index in [9.17, 15) is 9.59 Å². The molecule has 4 nitrogen and oxygen atoms in total. The van der Waals surface area contributed by atoms with Gasteiger partial charge in [-0.1, -0.05) is 27.7 Å². The van der Waals surface area contributed by atoms with Gasteiger partial charge in [0.1, 0.15) is 6.04 Å². The Balaban J connectivity index is 0. The second kappa shape index (κ2) is 8.53. The second-order valence-electron chi connectivity index (χ2n) is 3.04. The van der Waals surface area contributed by atoms with E-state index >= 15 is 0 Å². The molecule has 1 atom stereocenters. The first-order valence-corrected chi connectivity index (χ1v) is 4.97. The van der Waals surface area contributed by atoms with Gasteiger partial charge in [-0.3, -0.25) is 9.59 Å². The Morgan fingerprint density at radius 1 is 1.14 bits per heavy atom. The number of hydrogen-bond acceptors (Lipinski definition) is 2. The third-order valence-corrected chi connectivity index (χ3v) is 1.55. The van der Waals surface area contributed by atoms with E-state index in [1.165, 1.54) is 6.92 Å². The Morgan fingerprint density at radius 2 is 1.57 bits per heavy atom. The lowest BCUT2D eigenvalue weighted by molar-refractivity contribution is -0.128. The van der Waals surface area contributed by atoms with Crippen molar-refractivity contribution in [2.45, 2.75) is 40.7 Å². The van der Waals surface area contributed by atoms with Crippen molar-refractivity contribution in [3.05, 3.63) is 0 Å². The lowest BCUT2D eigenvalue weighted by atomic mass is 10.0. The number of carbonyl (C=O) groups excluding carboxylic acids is 2. The highest BCUT2D eigenvalue weighted by atomic mass is 16.2. The van der Waals surface area contributed by atoms with Crippen LogP contribution in [0.5, 0.6) is 0 Å². The van der Waals surface area contributed by atoms with Crippen LogP contribution in [0.4, 0.5) is 0 Å². The average Bonchev–Trinajstić information content (AvgIpc) is 2.15. The molecule has 84 valence electrons. The molecule has 1 unspecified atom stereocenters. The van der Waals surface area contributed by atoms with E-state index in [4.69, 9.17) is 0 Å². The van der Waals surface area contributed by atoms with Crippen LogP contribution < -0.4 is 10.6 Å². The third kappa shape index (κ3) is 6.46. The molecule has 0 spiro atoms. The molecule has 0 rings (SSSR count). The van der Waals surface area contributed by atoms with E-state index in [0.29, 0.717) is 0 Å². The fourth-order valence-corrected chi connectivity index (χ4v) is 0.909. The predicted octanol–water partition coefficient (Wildman–Crippen LogP) is 0.919. The zero-order valence-corrected chi connectivity index (χ0v) is 9.97. The summed E-state index contributed by atoms with van der Waals surface area (Å²) in [7, 11) is 1.56. The molecular weight excluding hydrogens is 180 g/mol. The summed E-state index contributed by atoms with van der Waals surface area (Å²) in [5.41, 5.74) is 0. The molecular formula is C10H22N2O2. The van der Waals surface area contributed by atoms with Gasteiger partial charge >= 0.3 is 0 Å². The minimum absolute atomic E-state index is 0.105. The minimum Gasteiger partial charge on any atom is -0.357 e. The quantitative estimate of drug-likeness (QED) is 0.715. The van der Waals surface area contributed by atoms with Gasteiger partial charge in [0.2, 0.25) is 11.8 Å². The Morgan fingerprint density at radius 3 is 1.79 bits per heavy atom. The summed E-state index contributed by atoms with van der Waals surface area (Å²) in [6, 6.07) is -0.424. The summed E-state index contributed by atoms with van der Waals surface area (Å²) >= 11 is 0. The largest absolute Gasteiger partial charge is 0.357 e. The zero-order chi connectivity index (χ0) is 11.7. The molecule has 0 aromatic rings. The van der Waals surface area contributed by atoms with Crippen LogP contribution >= 0.6 is 0 Å². The lowest BCUT2D eigenvalue weighted by Gasteiger charge is -2.19. The van der Waals surface area contributed by atoms with Gasteiger partial charge in [0.05, 0.1) is 0 Å². The van der Waals surface area contributed by atoms with Crippen molar-refractivity contribution >= 4 is 11.8 Å². The molecule has 14 heavy (non-hydrogen) atoms. The van der Waals surface area contributed by atoms with Gasteiger partial charge in [-0.25, -0.2) is 0 Å². The second-order valence-corrected chi connectivity index (χ2v) is 3.04. The Bertz CT molecular complexity index is 179. The number of likely N-dealkylation sites (N-methyl/N-ethyl adjacent to an activating group) is 1. The molecule has 0 aliphatic carbocycles. The van der Waals surface area contributed by atoms with Crippen LogP contribution in [0.1, 0.15) is 34.6 Å². The van der Waals surface area contributed by atoms with Gasteiger partial charge in [-0.15, -0.1) is 0 Å². The fourth-order valence-electron chi connectivity index (χ4n) is 0.909. The summed E-state index contributed by atoms with van der Waals surface area (Å²) in [4.78, 5) is 21.9. The number of hydrogen-bond donors (Lipinski definition) is 2. The zero-order valence-electron chi connectivity index (χ0n) is 9.97. The van der Waals surface area contributed by atoms with Crippen LogP contribution in [0.3, 0.4) is 0 Å². The Hall–Kier alpha value is -1.06. The minimum atomic E-state index is -0.424. The van der Waals surface area contributed by atoms with Gasteiger partial charge in [0.25, 0.3) is 0 Å². The third-order valence-electron chi connectivity index (χ3n) is 1.55.